The minimum atomic E-state index is -3.86. The Morgan fingerprint density at radius 3 is 2.48 bits per heavy atom. The van der Waals surface area contributed by atoms with Crippen molar-refractivity contribution < 1.29 is 13.3 Å². The summed E-state index contributed by atoms with van der Waals surface area (Å²) < 4.78 is 26.9. The Morgan fingerprint density at radius 1 is 1.29 bits per heavy atom. The molecular weight excluding hydrogens is 314 g/mol. The van der Waals surface area contributed by atoms with Gasteiger partial charge in [-0.05, 0) is 18.6 Å². The molecular formula is C12H13N3O4S2. The van der Waals surface area contributed by atoms with Crippen molar-refractivity contribution in [2.45, 2.75) is 11.1 Å². The Morgan fingerprint density at radius 2 is 1.95 bits per heavy atom. The molecule has 1 heterocycles. The molecule has 0 saturated carbocycles. The van der Waals surface area contributed by atoms with Crippen LogP contribution in [0.5, 0.6) is 0 Å². The Hall–Kier alpha value is -2.13. The van der Waals surface area contributed by atoms with Crippen LogP contribution in [0.15, 0.2) is 34.5 Å². The van der Waals surface area contributed by atoms with Gasteiger partial charge in [0.05, 0.1) is 10.6 Å². The molecule has 0 fully saturated rings. The van der Waals surface area contributed by atoms with Crippen LogP contribution < -0.4 is 10.0 Å². The van der Waals surface area contributed by atoms with E-state index in [9.17, 15) is 18.5 Å². The monoisotopic (exact) mass is 327 g/mol. The van der Waals surface area contributed by atoms with E-state index < -0.39 is 14.9 Å². The molecule has 7 nitrogen and oxygen atoms in total. The van der Waals surface area contributed by atoms with E-state index in [1.54, 1.807) is 31.2 Å². The minimum absolute atomic E-state index is 0.109. The van der Waals surface area contributed by atoms with Crippen LogP contribution in [0.4, 0.5) is 16.4 Å². The van der Waals surface area contributed by atoms with Crippen molar-refractivity contribution in [2.24, 2.45) is 0 Å². The van der Waals surface area contributed by atoms with Crippen molar-refractivity contribution in [2.75, 3.05) is 17.1 Å². The lowest BCUT2D eigenvalue weighted by molar-refractivity contribution is -0.383. The fourth-order valence-corrected chi connectivity index (χ4v) is 4.10. The highest BCUT2D eigenvalue weighted by Crippen LogP contribution is 2.37. The van der Waals surface area contributed by atoms with E-state index in [0.717, 1.165) is 23.0 Å². The summed E-state index contributed by atoms with van der Waals surface area (Å²) in [6, 6.07) is 7.96. The zero-order valence-electron chi connectivity index (χ0n) is 11.3. The van der Waals surface area contributed by atoms with Gasteiger partial charge in [0.15, 0.2) is 5.00 Å². The Kier molecular flexibility index (Phi) is 4.14. The van der Waals surface area contributed by atoms with Gasteiger partial charge in [-0.1, -0.05) is 29.5 Å². The van der Waals surface area contributed by atoms with Crippen molar-refractivity contribution >= 4 is 37.7 Å². The SMILES string of the molecule is CNc1sc(S(=O)(=O)Nc2ccccc2C)cc1[N+](=O)[O-]. The zero-order valence-corrected chi connectivity index (χ0v) is 12.9. The van der Waals surface area contributed by atoms with Gasteiger partial charge in [0.2, 0.25) is 0 Å². The predicted molar refractivity (Wildman–Crippen MR) is 82.5 cm³/mol. The molecule has 2 aromatic rings. The number of thiophene rings is 1. The van der Waals surface area contributed by atoms with Crippen LogP contribution in [0, 0.1) is 17.0 Å². The third-order valence-electron chi connectivity index (χ3n) is 2.77. The van der Waals surface area contributed by atoms with Gasteiger partial charge in [0.1, 0.15) is 4.21 Å². The largest absolute Gasteiger partial charge is 0.374 e. The molecule has 1 aromatic carbocycles. The van der Waals surface area contributed by atoms with Crippen molar-refractivity contribution in [3.8, 4) is 0 Å². The first-order valence-electron chi connectivity index (χ1n) is 5.89. The Labute approximate surface area is 125 Å². The molecule has 112 valence electrons. The average molecular weight is 327 g/mol. The molecule has 0 saturated heterocycles. The van der Waals surface area contributed by atoms with Gasteiger partial charge >= 0.3 is 5.69 Å². The predicted octanol–water partition coefficient (Wildman–Crippen LogP) is 2.81. The summed E-state index contributed by atoms with van der Waals surface area (Å²) in [4.78, 5) is 10.3. The number of aryl methyl sites for hydroxylation is 1. The second-order valence-electron chi connectivity index (χ2n) is 4.21. The van der Waals surface area contributed by atoms with E-state index in [1.165, 1.54) is 7.05 Å². The molecule has 0 radical (unpaired) electrons. The molecule has 0 bridgehead atoms. The number of rotatable bonds is 5. The number of benzene rings is 1. The van der Waals surface area contributed by atoms with Crippen LogP contribution in [0.25, 0.3) is 0 Å². The number of hydrogen-bond donors (Lipinski definition) is 2. The molecule has 0 aliphatic carbocycles. The zero-order chi connectivity index (χ0) is 15.6. The van der Waals surface area contributed by atoms with Gasteiger partial charge in [0, 0.05) is 13.1 Å². The third kappa shape index (κ3) is 3.14. The first kappa shape index (κ1) is 15.3. The second-order valence-corrected chi connectivity index (χ2v) is 7.17. The molecule has 1 aromatic heterocycles. The summed E-state index contributed by atoms with van der Waals surface area (Å²) in [5.41, 5.74) is 0.952. The number of anilines is 2. The molecule has 0 spiro atoms. The number of nitrogens with one attached hydrogen (secondary N) is 2. The normalized spacial score (nSPS) is 11.1. The number of hydrogen-bond acceptors (Lipinski definition) is 6. The van der Waals surface area contributed by atoms with Crippen molar-refractivity contribution in [1.29, 1.82) is 0 Å². The van der Waals surface area contributed by atoms with Crippen LogP contribution in [-0.2, 0) is 10.0 Å². The van der Waals surface area contributed by atoms with Gasteiger partial charge in [0.25, 0.3) is 10.0 Å². The van der Waals surface area contributed by atoms with E-state index in [-0.39, 0.29) is 14.9 Å². The van der Waals surface area contributed by atoms with Crippen molar-refractivity contribution in [3.05, 3.63) is 46.0 Å². The van der Waals surface area contributed by atoms with Crippen LogP contribution in [0.1, 0.15) is 5.56 Å². The molecule has 0 amide bonds. The second kappa shape index (κ2) is 5.70. The number of para-hydroxylation sites is 1. The van der Waals surface area contributed by atoms with E-state index >= 15 is 0 Å². The fourth-order valence-electron chi connectivity index (χ4n) is 1.69. The summed E-state index contributed by atoms with van der Waals surface area (Å²) >= 11 is 0.817. The molecule has 0 unspecified atom stereocenters. The molecule has 21 heavy (non-hydrogen) atoms. The molecule has 0 atom stereocenters. The van der Waals surface area contributed by atoms with Gasteiger partial charge in [-0.2, -0.15) is 0 Å². The summed E-state index contributed by atoms with van der Waals surface area (Å²) in [6.45, 7) is 1.77. The van der Waals surface area contributed by atoms with Gasteiger partial charge in [-0.3, -0.25) is 14.8 Å². The highest BCUT2D eigenvalue weighted by Gasteiger charge is 2.26. The van der Waals surface area contributed by atoms with Crippen LogP contribution in [0.3, 0.4) is 0 Å². The average Bonchev–Trinajstić information content (AvgIpc) is 2.86. The van der Waals surface area contributed by atoms with Gasteiger partial charge in [-0.15, -0.1) is 0 Å². The molecule has 9 heteroatoms. The lowest BCUT2D eigenvalue weighted by Crippen LogP contribution is -2.12. The maximum Gasteiger partial charge on any atom is 0.304 e. The molecule has 2 N–H and O–H groups in total. The van der Waals surface area contributed by atoms with Crippen molar-refractivity contribution in [3.63, 3.8) is 0 Å². The summed E-state index contributed by atoms with van der Waals surface area (Å²) in [6.07, 6.45) is 0. The van der Waals surface area contributed by atoms with E-state index in [0.29, 0.717) is 5.69 Å². The van der Waals surface area contributed by atoms with Crippen LogP contribution in [0.2, 0.25) is 0 Å². The molecule has 0 aliphatic heterocycles. The minimum Gasteiger partial charge on any atom is -0.374 e. The topological polar surface area (TPSA) is 101 Å². The number of nitrogens with zero attached hydrogens (tertiary/aromatic N) is 1. The lowest BCUT2D eigenvalue weighted by atomic mass is 10.2. The van der Waals surface area contributed by atoms with Gasteiger partial charge < -0.3 is 5.32 Å². The smallest absolute Gasteiger partial charge is 0.304 e. The molecule has 0 aliphatic rings. The van der Waals surface area contributed by atoms with Crippen LogP contribution in [-0.4, -0.2) is 20.4 Å². The maximum atomic E-state index is 12.3. The highest BCUT2D eigenvalue weighted by molar-refractivity contribution is 7.94. The summed E-state index contributed by atoms with van der Waals surface area (Å²) in [5.74, 6) is 0. The highest BCUT2D eigenvalue weighted by atomic mass is 32.2. The van der Waals surface area contributed by atoms with Gasteiger partial charge in [-0.25, -0.2) is 8.42 Å². The van der Waals surface area contributed by atoms with E-state index in [1.807, 2.05) is 0 Å². The Balaban J connectivity index is 2.41. The van der Waals surface area contributed by atoms with E-state index in [2.05, 4.69) is 10.0 Å². The maximum absolute atomic E-state index is 12.3. The first-order chi connectivity index (χ1) is 9.85. The number of sulfonamides is 1. The first-order valence-corrected chi connectivity index (χ1v) is 8.19. The molecule has 2 rings (SSSR count). The summed E-state index contributed by atoms with van der Waals surface area (Å²) in [7, 11) is -2.35. The fraction of sp³-hybridized carbons (Fsp3) is 0.167. The van der Waals surface area contributed by atoms with Crippen LogP contribution >= 0.6 is 11.3 Å². The number of nitro groups is 1. The third-order valence-corrected chi connectivity index (χ3v) is 5.75. The quantitative estimate of drug-likeness (QED) is 0.649. The lowest BCUT2D eigenvalue weighted by Gasteiger charge is -2.08. The summed E-state index contributed by atoms with van der Waals surface area (Å²) in [5, 5.41) is 13.7. The standard InChI is InChI=1S/C12H13N3O4S2/c1-8-5-3-4-6-9(8)14-21(18,19)11-7-10(15(16)17)12(13-2)20-11/h3-7,13-14H,1-2H3. The van der Waals surface area contributed by atoms with E-state index in [4.69, 9.17) is 0 Å². The van der Waals surface area contributed by atoms with Crippen molar-refractivity contribution in [1.82, 2.24) is 0 Å². The Bertz CT molecular complexity index is 784.